The first kappa shape index (κ1) is 22.9. The first-order valence-electron chi connectivity index (χ1n) is 9.39. The molecule has 0 atom stereocenters. The number of benzene rings is 2. The number of thioether (sulfide) groups is 1. The number of aryl methyl sites for hydroxylation is 2. The molecular weight excluding hydrogens is 350 g/mol. The number of hydrogen-bond acceptors (Lipinski definition) is 3. The predicted octanol–water partition coefficient (Wildman–Crippen LogP) is 6.96. The lowest BCUT2D eigenvalue weighted by atomic mass is 9.99. The van der Waals surface area contributed by atoms with Gasteiger partial charge < -0.3 is 0 Å². The molecule has 0 N–H and O–H groups in total. The molecule has 0 unspecified atom stereocenters. The SMILES string of the molecule is CC.CC(=O)CSC(C)=N/C(=C(\C)c1ccc(C)cc1)c1ccc(C)cc1. The van der Waals surface area contributed by atoms with Gasteiger partial charge in [-0.25, -0.2) is 4.99 Å². The van der Waals surface area contributed by atoms with Crippen molar-refractivity contribution in [1.29, 1.82) is 0 Å². The van der Waals surface area contributed by atoms with E-state index in [0.717, 1.165) is 27.4 Å². The Morgan fingerprint density at radius 2 is 1.26 bits per heavy atom. The molecule has 0 aliphatic heterocycles. The van der Waals surface area contributed by atoms with E-state index in [1.807, 2.05) is 20.8 Å². The number of aliphatic imine (C=N–C) groups is 1. The highest BCUT2D eigenvalue weighted by Gasteiger charge is 2.09. The molecule has 2 rings (SSSR count). The highest BCUT2D eigenvalue weighted by Crippen LogP contribution is 2.29. The Balaban J connectivity index is 0.00000176. The third-order valence-electron chi connectivity index (χ3n) is 3.92. The van der Waals surface area contributed by atoms with Crippen LogP contribution in [0.3, 0.4) is 0 Å². The molecule has 144 valence electrons. The molecule has 0 heterocycles. The van der Waals surface area contributed by atoms with Gasteiger partial charge in [0, 0.05) is 5.56 Å². The first-order chi connectivity index (χ1) is 12.9. The Bertz CT molecular complexity index is 799. The smallest absolute Gasteiger partial charge is 0.140 e. The van der Waals surface area contributed by atoms with Crippen LogP contribution in [0.25, 0.3) is 11.3 Å². The van der Waals surface area contributed by atoms with Crippen molar-refractivity contribution in [2.24, 2.45) is 4.99 Å². The lowest BCUT2D eigenvalue weighted by Gasteiger charge is -2.11. The van der Waals surface area contributed by atoms with Crippen LogP contribution in [-0.4, -0.2) is 16.6 Å². The van der Waals surface area contributed by atoms with Crippen molar-refractivity contribution in [1.82, 2.24) is 0 Å². The zero-order chi connectivity index (χ0) is 20.4. The van der Waals surface area contributed by atoms with Crippen LogP contribution in [0.4, 0.5) is 0 Å². The Morgan fingerprint density at radius 1 is 0.815 bits per heavy atom. The standard InChI is InChI=1S/C22H25NOS.C2H6/c1-15-6-10-20(11-7-15)18(4)22(21-12-8-16(2)9-13-21)23-19(5)25-14-17(3)24;1-2/h6-13H,14H2,1-5H3;1-2H3/b22-18+,23-19?;. The molecule has 0 amide bonds. The fraction of sp³-hybridized carbons (Fsp3) is 0.333. The summed E-state index contributed by atoms with van der Waals surface area (Å²) >= 11 is 1.49. The van der Waals surface area contributed by atoms with Crippen molar-refractivity contribution >= 4 is 33.9 Å². The van der Waals surface area contributed by atoms with Crippen molar-refractivity contribution in [2.45, 2.75) is 48.5 Å². The lowest BCUT2D eigenvalue weighted by molar-refractivity contribution is -0.114. The second kappa shape index (κ2) is 11.6. The van der Waals surface area contributed by atoms with E-state index in [4.69, 9.17) is 4.99 Å². The molecule has 0 radical (unpaired) electrons. The maximum Gasteiger partial charge on any atom is 0.140 e. The van der Waals surface area contributed by atoms with Gasteiger partial charge in [-0.2, -0.15) is 0 Å². The third-order valence-corrected chi connectivity index (χ3v) is 4.98. The van der Waals surface area contributed by atoms with Crippen molar-refractivity contribution in [2.75, 3.05) is 5.75 Å². The summed E-state index contributed by atoms with van der Waals surface area (Å²) in [4.78, 5) is 16.1. The van der Waals surface area contributed by atoms with Crippen LogP contribution >= 0.6 is 11.8 Å². The van der Waals surface area contributed by atoms with E-state index in [-0.39, 0.29) is 5.78 Å². The van der Waals surface area contributed by atoms with Crippen molar-refractivity contribution < 1.29 is 4.79 Å². The third kappa shape index (κ3) is 7.56. The maximum atomic E-state index is 11.2. The van der Waals surface area contributed by atoms with Crippen molar-refractivity contribution in [3.8, 4) is 0 Å². The van der Waals surface area contributed by atoms with Gasteiger partial charge in [-0.1, -0.05) is 73.5 Å². The van der Waals surface area contributed by atoms with Gasteiger partial charge in [0.2, 0.25) is 0 Å². The molecule has 2 nitrogen and oxygen atoms in total. The van der Waals surface area contributed by atoms with Gasteiger partial charge in [-0.05, 0) is 45.8 Å². The van der Waals surface area contributed by atoms with E-state index in [1.165, 1.54) is 22.9 Å². The molecule has 27 heavy (non-hydrogen) atoms. The average Bonchev–Trinajstić information content (AvgIpc) is 2.67. The Hall–Kier alpha value is -2.13. The summed E-state index contributed by atoms with van der Waals surface area (Å²) in [5.74, 6) is 0.621. The van der Waals surface area contributed by atoms with Crippen LogP contribution in [0, 0.1) is 13.8 Å². The minimum Gasteiger partial charge on any atom is -0.299 e. The number of allylic oxidation sites excluding steroid dienone is 1. The number of nitrogens with zero attached hydrogens (tertiary/aromatic N) is 1. The minimum absolute atomic E-state index is 0.163. The summed E-state index contributed by atoms with van der Waals surface area (Å²) < 4.78 is 0. The second-order valence-electron chi connectivity index (χ2n) is 6.33. The Labute approximate surface area is 168 Å². The molecule has 0 aliphatic rings. The monoisotopic (exact) mass is 381 g/mol. The summed E-state index contributed by atoms with van der Waals surface area (Å²) in [6, 6.07) is 16.9. The highest BCUT2D eigenvalue weighted by molar-refractivity contribution is 8.14. The summed E-state index contributed by atoms with van der Waals surface area (Å²) in [7, 11) is 0. The molecule has 0 fully saturated rings. The molecule has 2 aromatic rings. The average molecular weight is 382 g/mol. The summed E-state index contributed by atoms with van der Waals surface area (Å²) in [6.07, 6.45) is 0. The quantitative estimate of drug-likeness (QED) is 0.318. The maximum absolute atomic E-state index is 11.2. The fourth-order valence-corrected chi connectivity index (χ4v) is 2.98. The van der Waals surface area contributed by atoms with E-state index >= 15 is 0 Å². The number of carbonyl (C=O) groups excluding carboxylic acids is 1. The summed E-state index contributed by atoms with van der Waals surface area (Å²) in [6.45, 7) is 13.8. The molecule has 0 saturated carbocycles. The van der Waals surface area contributed by atoms with Crippen molar-refractivity contribution in [3.63, 3.8) is 0 Å². The molecule has 0 bridgehead atoms. The topological polar surface area (TPSA) is 29.4 Å². The largest absolute Gasteiger partial charge is 0.299 e. The van der Waals surface area contributed by atoms with Gasteiger partial charge in [0.1, 0.15) is 5.78 Å². The van der Waals surface area contributed by atoms with Gasteiger partial charge >= 0.3 is 0 Å². The van der Waals surface area contributed by atoms with E-state index in [0.29, 0.717) is 5.75 Å². The zero-order valence-corrected chi connectivity index (χ0v) is 18.4. The van der Waals surface area contributed by atoms with Gasteiger partial charge in [0.15, 0.2) is 0 Å². The number of carbonyl (C=O) groups is 1. The van der Waals surface area contributed by atoms with E-state index in [9.17, 15) is 4.79 Å². The number of ketones is 1. The zero-order valence-electron chi connectivity index (χ0n) is 17.6. The van der Waals surface area contributed by atoms with Crippen LogP contribution in [0.5, 0.6) is 0 Å². The number of hydrogen-bond donors (Lipinski definition) is 0. The van der Waals surface area contributed by atoms with Crippen molar-refractivity contribution in [3.05, 3.63) is 70.8 Å². The van der Waals surface area contributed by atoms with Crippen LogP contribution < -0.4 is 0 Å². The van der Waals surface area contributed by atoms with Crippen LogP contribution in [-0.2, 0) is 4.79 Å². The lowest BCUT2D eigenvalue weighted by Crippen LogP contribution is -1.98. The molecule has 2 aromatic carbocycles. The molecule has 0 aliphatic carbocycles. The van der Waals surface area contributed by atoms with E-state index in [2.05, 4.69) is 69.3 Å². The summed E-state index contributed by atoms with van der Waals surface area (Å²) in [5.41, 5.74) is 6.80. The van der Waals surface area contributed by atoms with Gasteiger partial charge in [0.05, 0.1) is 16.5 Å². The van der Waals surface area contributed by atoms with Gasteiger partial charge in [-0.3, -0.25) is 4.79 Å². The fourth-order valence-electron chi connectivity index (χ4n) is 2.41. The first-order valence-corrected chi connectivity index (χ1v) is 10.4. The number of Topliss-reactive ketones (excluding diaryl/α,β-unsaturated/α-hetero) is 1. The van der Waals surface area contributed by atoms with E-state index < -0.39 is 0 Å². The van der Waals surface area contributed by atoms with Crippen LogP contribution in [0.1, 0.15) is 56.9 Å². The minimum atomic E-state index is 0.163. The second-order valence-corrected chi connectivity index (χ2v) is 7.50. The van der Waals surface area contributed by atoms with E-state index in [1.54, 1.807) is 6.92 Å². The molecule has 0 saturated heterocycles. The molecule has 3 heteroatoms. The van der Waals surface area contributed by atoms with Gasteiger partial charge in [0.25, 0.3) is 0 Å². The van der Waals surface area contributed by atoms with Crippen LogP contribution in [0.2, 0.25) is 0 Å². The number of rotatable bonds is 5. The highest BCUT2D eigenvalue weighted by atomic mass is 32.2. The predicted molar refractivity (Wildman–Crippen MR) is 122 cm³/mol. The Kier molecular flexibility index (Phi) is 9.81. The van der Waals surface area contributed by atoms with Gasteiger partial charge in [-0.15, -0.1) is 11.8 Å². The molecular formula is C24H31NOS. The van der Waals surface area contributed by atoms with Crippen LogP contribution in [0.15, 0.2) is 53.5 Å². The Morgan fingerprint density at radius 3 is 1.70 bits per heavy atom. The molecule has 0 spiro atoms. The summed E-state index contributed by atoms with van der Waals surface area (Å²) in [5, 5.41) is 0.900. The molecule has 0 aromatic heterocycles. The normalized spacial score (nSPS) is 12.0.